The van der Waals surface area contributed by atoms with Crippen LogP contribution in [-0.2, 0) is 14.3 Å². The molecule has 0 amide bonds. The number of carbonyl (C=O) groups excluding carboxylic acids is 2. The molecule has 5 rings (SSSR count). The summed E-state index contributed by atoms with van der Waals surface area (Å²) < 4.78 is 30.0. The van der Waals surface area contributed by atoms with E-state index in [0.717, 1.165) is 0 Å². The number of esters is 2. The van der Waals surface area contributed by atoms with E-state index in [1.54, 1.807) is 69.3 Å². The lowest BCUT2D eigenvalue weighted by Gasteiger charge is -2.26. The van der Waals surface area contributed by atoms with Crippen molar-refractivity contribution in [2.75, 3.05) is 27.4 Å². The number of rotatable bonds is 9. The second kappa shape index (κ2) is 13.1. The molecule has 0 saturated carbocycles. The van der Waals surface area contributed by atoms with Crippen LogP contribution in [0.15, 0.2) is 78.5 Å². The Bertz CT molecular complexity index is 1970. The fourth-order valence-corrected chi connectivity index (χ4v) is 6.46. The van der Waals surface area contributed by atoms with Gasteiger partial charge in [-0.15, -0.1) is 0 Å². The maximum atomic E-state index is 14.0. The van der Waals surface area contributed by atoms with E-state index in [4.69, 9.17) is 23.4 Å². The highest BCUT2D eigenvalue weighted by Gasteiger charge is 2.35. The average molecular weight is 682 g/mol. The molecule has 0 radical (unpaired) electrons. The number of carbonyl (C=O) groups is 2. The Morgan fingerprint density at radius 2 is 1.73 bits per heavy atom. The molecule has 44 heavy (non-hydrogen) atoms. The molecule has 1 unspecified atom stereocenters. The minimum Gasteiger partial charge on any atom is -0.493 e. The lowest BCUT2D eigenvalue weighted by Crippen LogP contribution is -2.40. The van der Waals surface area contributed by atoms with E-state index in [1.165, 1.54) is 30.1 Å². The maximum absolute atomic E-state index is 14.0. The lowest BCUT2D eigenvalue weighted by molar-refractivity contribution is -0.139. The number of fused-ring (bicyclic) bond motifs is 1. The second-order valence-corrected chi connectivity index (χ2v) is 11.4. The average Bonchev–Trinajstić information content (AvgIpc) is 3.60. The van der Waals surface area contributed by atoms with Crippen molar-refractivity contribution in [2.24, 2.45) is 4.99 Å². The molecule has 0 bridgehead atoms. The predicted molar refractivity (Wildman–Crippen MR) is 168 cm³/mol. The molecule has 0 fully saturated rings. The highest BCUT2D eigenvalue weighted by molar-refractivity contribution is 9.10. The third-order valence-electron chi connectivity index (χ3n) is 6.87. The number of aromatic nitrogens is 1. The van der Waals surface area contributed by atoms with Gasteiger partial charge in [0, 0.05) is 16.1 Å². The summed E-state index contributed by atoms with van der Waals surface area (Å²) in [7, 11) is 3.04. The first-order valence-electron chi connectivity index (χ1n) is 13.7. The molecule has 1 aliphatic rings. The topological polar surface area (TPSA) is 119 Å². The Morgan fingerprint density at radius 1 is 1.02 bits per heavy atom. The van der Waals surface area contributed by atoms with Crippen LogP contribution in [0.4, 0.5) is 0 Å². The first kappa shape index (κ1) is 31.0. The van der Waals surface area contributed by atoms with Crippen LogP contribution in [0.5, 0.6) is 11.5 Å². The van der Waals surface area contributed by atoms with E-state index >= 15 is 0 Å². The molecule has 0 spiro atoms. The summed E-state index contributed by atoms with van der Waals surface area (Å²) in [5, 5.41) is 0. The molecule has 2 aromatic heterocycles. The second-order valence-electron chi connectivity index (χ2n) is 9.53. The van der Waals surface area contributed by atoms with Gasteiger partial charge in [0.25, 0.3) is 5.56 Å². The number of benzene rings is 2. The zero-order valence-corrected chi connectivity index (χ0v) is 27.0. The van der Waals surface area contributed by atoms with Crippen molar-refractivity contribution >= 4 is 45.3 Å². The van der Waals surface area contributed by atoms with Gasteiger partial charge in [0.15, 0.2) is 16.3 Å². The van der Waals surface area contributed by atoms with Gasteiger partial charge in [-0.25, -0.2) is 14.6 Å². The highest BCUT2D eigenvalue weighted by atomic mass is 79.9. The van der Waals surface area contributed by atoms with Gasteiger partial charge in [-0.05, 0) is 62.7 Å². The monoisotopic (exact) mass is 680 g/mol. The normalized spacial score (nSPS) is 14.6. The van der Waals surface area contributed by atoms with Gasteiger partial charge in [-0.1, -0.05) is 39.4 Å². The van der Waals surface area contributed by atoms with Crippen molar-refractivity contribution in [1.82, 2.24) is 4.57 Å². The van der Waals surface area contributed by atoms with E-state index in [1.807, 2.05) is 6.07 Å². The Hall–Kier alpha value is -4.42. The number of nitrogens with zero attached hydrogens (tertiary/aromatic N) is 2. The van der Waals surface area contributed by atoms with Crippen molar-refractivity contribution in [3.8, 4) is 22.8 Å². The molecular formula is C32H29BrN2O8S. The summed E-state index contributed by atoms with van der Waals surface area (Å²) in [5.74, 6) is 0.863. The van der Waals surface area contributed by atoms with Gasteiger partial charge in [0.05, 0.1) is 54.8 Å². The summed E-state index contributed by atoms with van der Waals surface area (Å²) in [6.07, 6.45) is 1.63. The van der Waals surface area contributed by atoms with E-state index in [2.05, 4.69) is 20.9 Å². The highest BCUT2D eigenvalue weighted by Crippen LogP contribution is 2.40. The Morgan fingerprint density at radius 3 is 2.43 bits per heavy atom. The molecule has 1 atom stereocenters. The number of thiazole rings is 1. The largest absolute Gasteiger partial charge is 0.493 e. The van der Waals surface area contributed by atoms with Gasteiger partial charge in [-0.3, -0.25) is 9.36 Å². The molecule has 3 heterocycles. The van der Waals surface area contributed by atoms with Crippen molar-refractivity contribution < 1.29 is 33.0 Å². The third-order valence-corrected chi connectivity index (χ3v) is 8.54. The van der Waals surface area contributed by atoms with Gasteiger partial charge >= 0.3 is 11.9 Å². The molecule has 2 aromatic carbocycles. The van der Waals surface area contributed by atoms with E-state index in [0.29, 0.717) is 59.2 Å². The number of hydrogen-bond donors (Lipinski definition) is 0. The minimum absolute atomic E-state index is 0.156. The molecule has 0 saturated heterocycles. The Labute approximate surface area is 265 Å². The SMILES string of the molecule is CCOC(=O)C1=C(C)N=c2s/c(=C\c3ccc(-c4cccc(C(=O)OCC)c4)o3)c(=O)n2C1c1cc(OC)c(OC)cc1Br. The molecular weight excluding hydrogens is 652 g/mol. The van der Waals surface area contributed by atoms with E-state index in [9.17, 15) is 14.4 Å². The smallest absolute Gasteiger partial charge is 0.338 e. The number of methoxy groups -OCH3 is 2. The first-order chi connectivity index (χ1) is 21.2. The third kappa shape index (κ3) is 5.87. The van der Waals surface area contributed by atoms with Crippen molar-refractivity contribution in [3.05, 3.63) is 101 Å². The summed E-state index contributed by atoms with van der Waals surface area (Å²) in [6, 6.07) is 13.0. The van der Waals surface area contributed by atoms with Crippen molar-refractivity contribution in [2.45, 2.75) is 26.8 Å². The van der Waals surface area contributed by atoms with E-state index < -0.39 is 18.0 Å². The van der Waals surface area contributed by atoms with Crippen LogP contribution in [0.1, 0.15) is 48.5 Å². The molecule has 10 nitrogen and oxygen atoms in total. The number of allylic oxidation sites excluding steroid dienone is 1. The van der Waals surface area contributed by atoms with Crippen LogP contribution >= 0.6 is 27.3 Å². The molecule has 0 aliphatic carbocycles. The zero-order valence-electron chi connectivity index (χ0n) is 24.6. The molecule has 1 aliphatic heterocycles. The molecule has 4 aromatic rings. The van der Waals surface area contributed by atoms with Gasteiger partial charge in [0.1, 0.15) is 11.5 Å². The van der Waals surface area contributed by atoms with E-state index in [-0.39, 0.29) is 24.3 Å². The zero-order chi connectivity index (χ0) is 31.5. The standard InChI is InChI=1S/C32H29BrN2O8S/c1-6-41-30(37)19-10-8-9-18(13-19)23-12-11-20(43-23)14-26-29(36)35-28(21-15-24(39-4)25(40-5)16-22(21)33)27(31(38)42-7-2)17(3)34-32(35)44-26/h8-16,28H,6-7H2,1-5H3/b26-14-. The number of furan rings is 1. The Balaban J connectivity index is 1.63. The van der Waals surface area contributed by atoms with Crippen LogP contribution in [0, 0.1) is 0 Å². The number of ether oxygens (including phenoxy) is 4. The first-order valence-corrected chi connectivity index (χ1v) is 15.3. The minimum atomic E-state index is -0.862. The summed E-state index contributed by atoms with van der Waals surface area (Å²) in [4.78, 5) is 44.5. The summed E-state index contributed by atoms with van der Waals surface area (Å²) in [6.45, 7) is 5.61. The fourth-order valence-electron chi connectivity index (χ4n) is 4.89. The van der Waals surface area contributed by atoms with Crippen LogP contribution in [0.25, 0.3) is 17.4 Å². The van der Waals surface area contributed by atoms with Gasteiger partial charge in [0.2, 0.25) is 0 Å². The molecule has 12 heteroatoms. The van der Waals surface area contributed by atoms with Crippen molar-refractivity contribution in [1.29, 1.82) is 0 Å². The number of halogens is 1. The molecule has 0 N–H and O–H groups in total. The fraction of sp³-hybridized carbons (Fsp3) is 0.250. The maximum Gasteiger partial charge on any atom is 0.338 e. The molecule has 228 valence electrons. The van der Waals surface area contributed by atoms with Gasteiger partial charge in [-0.2, -0.15) is 0 Å². The Kier molecular flexibility index (Phi) is 9.21. The summed E-state index contributed by atoms with van der Waals surface area (Å²) >= 11 is 4.78. The van der Waals surface area contributed by atoms with Crippen LogP contribution in [0.2, 0.25) is 0 Å². The van der Waals surface area contributed by atoms with Crippen molar-refractivity contribution in [3.63, 3.8) is 0 Å². The van der Waals surface area contributed by atoms with Crippen LogP contribution in [0.3, 0.4) is 0 Å². The predicted octanol–water partition coefficient (Wildman–Crippen LogP) is 5.01. The quantitative estimate of drug-likeness (QED) is 0.226. The van der Waals surface area contributed by atoms with Crippen LogP contribution in [-0.4, -0.2) is 43.9 Å². The van der Waals surface area contributed by atoms with Gasteiger partial charge < -0.3 is 23.4 Å². The van der Waals surface area contributed by atoms with Crippen LogP contribution < -0.4 is 24.4 Å². The summed E-state index contributed by atoms with van der Waals surface area (Å²) in [5.41, 5.74) is 1.99. The lowest BCUT2D eigenvalue weighted by atomic mass is 9.95. The number of hydrogen-bond acceptors (Lipinski definition) is 10.